The summed E-state index contributed by atoms with van der Waals surface area (Å²) < 4.78 is 5.34. The standard InChI is InChI=1S/C23H28N4O3S/c1-2-30-22(28)20-18(24-23(29)25-21(20)19-9-6-14-31-19)16-27-12-10-26(11-13-27)15-17-7-4-3-5-8-17/h3-9,14,21H,2,10-13,15-16H2,1H3,(H2,24,25,29). The molecule has 2 aliphatic rings. The number of nitrogens with zero attached hydrogens (tertiary/aromatic N) is 2. The van der Waals surface area contributed by atoms with Gasteiger partial charge in [-0.15, -0.1) is 11.3 Å². The van der Waals surface area contributed by atoms with Crippen LogP contribution in [0.4, 0.5) is 4.79 Å². The van der Waals surface area contributed by atoms with Crippen LogP contribution >= 0.6 is 11.3 Å². The monoisotopic (exact) mass is 440 g/mol. The molecule has 1 saturated heterocycles. The van der Waals surface area contributed by atoms with Gasteiger partial charge in [-0.05, 0) is 23.9 Å². The highest BCUT2D eigenvalue weighted by Crippen LogP contribution is 2.31. The predicted octanol–water partition coefficient (Wildman–Crippen LogP) is 2.74. The number of hydrogen-bond acceptors (Lipinski definition) is 6. The maximum atomic E-state index is 12.8. The van der Waals surface area contributed by atoms with Gasteiger partial charge in [-0.3, -0.25) is 9.80 Å². The molecule has 0 aliphatic carbocycles. The van der Waals surface area contributed by atoms with E-state index in [1.54, 1.807) is 6.92 Å². The van der Waals surface area contributed by atoms with E-state index in [-0.39, 0.29) is 12.0 Å². The smallest absolute Gasteiger partial charge is 0.338 e. The molecular weight excluding hydrogens is 412 g/mol. The fourth-order valence-electron chi connectivity index (χ4n) is 4.03. The van der Waals surface area contributed by atoms with Gasteiger partial charge in [0.05, 0.1) is 18.2 Å². The van der Waals surface area contributed by atoms with Crippen molar-refractivity contribution in [2.75, 3.05) is 39.3 Å². The fourth-order valence-corrected chi connectivity index (χ4v) is 4.82. The number of rotatable bonds is 7. The van der Waals surface area contributed by atoms with Crippen molar-refractivity contribution in [3.63, 3.8) is 0 Å². The van der Waals surface area contributed by atoms with Gasteiger partial charge in [0.1, 0.15) is 0 Å². The molecule has 0 spiro atoms. The lowest BCUT2D eigenvalue weighted by molar-refractivity contribution is -0.139. The number of benzene rings is 1. The number of ether oxygens (including phenoxy) is 1. The SMILES string of the molecule is CCOC(=O)C1=C(CN2CCN(Cc3ccccc3)CC2)NC(=O)NC1c1cccs1. The van der Waals surface area contributed by atoms with Gasteiger partial charge in [0.2, 0.25) is 0 Å². The lowest BCUT2D eigenvalue weighted by atomic mass is 10.0. The molecule has 2 aliphatic heterocycles. The zero-order valence-corrected chi connectivity index (χ0v) is 18.5. The summed E-state index contributed by atoms with van der Waals surface area (Å²) in [6.07, 6.45) is 0. The summed E-state index contributed by atoms with van der Waals surface area (Å²) in [5.41, 5.74) is 2.44. The number of thiophene rings is 1. The van der Waals surface area contributed by atoms with E-state index in [1.807, 2.05) is 23.6 Å². The average molecular weight is 441 g/mol. The number of hydrogen-bond donors (Lipinski definition) is 2. The normalized spacial score (nSPS) is 20.3. The van der Waals surface area contributed by atoms with Crippen LogP contribution in [-0.2, 0) is 16.1 Å². The zero-order valence-electron chi connectivity index (χ0n) is 17.7. The van der Waals surface area contributed by atoms with Gasteiger partial charge in [-0.25, -0.2) is 9.59 Å². The van der Waals surface area contributed by atoms with Crippen LogP contribution in [0.1, 0.15) is 23.4 Å². The van der Waals surface area contributed by atoms with Gasteiger partial charge in [-0.2, -0.15) is 0 Å². The maximum Gasteiger partial charge on any atom is 0.338 e. The van der Waals surface area contributed by atoms with Crippen LogP contribution < -0.4 is 10.6 Å². The topological polar surface area (TPSA) is 73.9 Å². The van der Waals surface area contributed by atoms with Crippen LogP contribution in [0.25, 0.3) is 0 Å². The lowest BCUT2D eigenvalue weighted by Gasteiger charge is -2.37. The first kappa shape index (κ1) is 21.5. The summed E-state index contributed by atoms with van der Waals surface area (Å²) >= 11 is 1.52. The summed E-state index contributed by atoms with van der Waals surface area (Å²) in [4.78, 5) is 30.8. The van der Waals surface area contributed by atoms with Crippen molar-refractivity contribution in [1.29, 1.82) is 0 Å². The molecule has 0 saturated carbocycles. The van der Waals surface area contributed by atoms with Crippen LogP contribution in [0.15, 0.2) is 59.1 Å². The number of carbonyl (C=O) groups is 2. The molecule has 2 N–H and O–H groups in total. The maximum absolute atomic E-state index is 12.8. The van der Waals surface area contributed by atoms with Crippen LogP contribution in [0, 0.1) is 0 Å². The third-order valence-corrected chi connectivity index (χ3v) is 6.51. The quantitative estimate of drug-likeness (QED) is 0.648. The summed E-state index contributed by atoms with van der Waals surface area (Å²) in [5.74, 6) is -0.383. The van der Waals surface area contributed by atoms with Crippen molar-refractivity contribution in [2.45, 2.75) is 19.5 Å². The molecular formula is C23H28N4O3S. The first-order valence-corrected chi connectivity index (χ1v) is 11.5. The summed E-state index contributed by atoms with van der Waals surface area (Å²) in [5, 5.41) is 7.70. The van der Waals surface area contributed by atoms with Gasteiger partial charge in [0.25, 0.3) is 0 Å². The molecule has 4 rings (SSSR count). The first-order valence-electron chi connectivity index (χ1n) is 10.6. The van der Waals surface area contributed by atoms with E-state index in [9.17, 15) is 9.59 Å². The van der Waals surface area contributed by atoms with Crippen LogP contribution in [0.3, 0.4) is 0 Å². The third-order valence-electron chi connectivity index (χ3n) is 5.57. The molecule has 1 unspecified atom stereocenters. The van der Waals surface area contributed by atoms with E-state index < -0.39 is 6.04 Å². The number of nitrogens with one attached hydrogen (secondary N) is 2. The van der Waals surface area contributed by atoms with E-state index >= 15 is 0 Å². The van der Waals surface area contributed by atoms with Crippen LogP contribution in [-0.4, -0.2) is 61.1 Å². The van der Waals surface area contributed by atoms with Crippen molar-refractivity contribution in [2.24, 2.45) is 0 Å². The number of urea groups is 1. The van der Waals surface area contributed by atoms with E-state index in [4.69, 9.17) is 4.74 Å². The van der Waals surface area contributed by atoms with E-state index in [0.29, 0.717) is 24.4 Å². The largest absolute Gasteiger partial charge is 0.463 e. The third kappa shape index (κ3) is 5.33. The van der Waals surface area contributed by atoms with Crippen molar-refractivity contribution in [3.05, 3.63) is 69.6 Å². The molecule has 1 aromatic carbocycles. The molecule has 0 radical (unpaired) electrons. The molecule has 31 heavy (non-hydrogen) atoms. The summed E-state index contributed by atoms with van der Waals surface area (Å²) in [6, 6.07) is 13.6. The summed E-state index contributed by atoms with van der Waals surface area (Å²) in [7, 11) is 0. The molecule has 0 bridgehead atoms. The van der Waals surface area contributed by atoms with E-state index in [0.717, 1.165) is 37.6 Å². The number of amides is 2. The molecule has 2 aromatic rings. The average Bonchev–Trinajstić information content (AvgIpc) is 3.30. The predicted molar refractivity (Wildman–Crippen MR) is 121 cm³/mol. The van der Waals surface area contributed by atoms with E-state index in [2.05, 4.69) is 44.7 Å². The second-order valence-electron chi connectivity index (χ2n) is 7.70. The Hall–Kier alpha value is -2.68. The Kier molecular flexibility index (Phi) is 7.01. The van der Waals surface area contributed by atoms with Crippen molar-refractivity contribution >= 4 is 23.3 Å². The van der Waals surface area contributed by atoms with Gasteiger partial charge < -0.3 is 15.4 Å². The minimum Gasteiger partial charge on any atom is -0.463 e. The van der Waals surface area contributed by atoms with Gasteiger partial charge in [-0.1, -0.05) is 36.4 Å². The van der Waals surface area contributed by atoms with Crippen molar-refractivity contribution in [3.8, 4) is 0 Å². The Morgan fingerprint density at radius 3 is 2.42 bits per heavy atom. The molecule has 1 aromatic heterocycles. The lowest BCUT2D eigenvalue weighted by Crippen LogP contribution is -2.51. The molecule has 1 fully saturated rings. The van der Waals surface area contributed by atoms with Crippen LogP contribution in [0.5, 0.6) is 0 Å². The minimum atomic E-state index is -0.484. The number of piperazine rings is 1. The first-order chi connectivity index (χ1) is 15.1. The molecule has 164 valence electrons. The minimum absolute atomic E-state index is 0.288. The summed E-state index contributed by atoms with van der Waals surface area (Å²) in [6.45, 7) is 7.17. The Balaban J connectivity index is 1.47. The van der Waals surface area contributed by atoms with E-state index in [1.165, 1.54) is 16.9 Å². The highest BCUT2D eigenvalue weighted by Gasteiger charge is 2.35. The molecule has 7 nitrogen and oxygen atoms in total. The Morgan fingerprint density at radius 2 is 1.77 bits per heavy atom. The second-order valence-corrected chi connectivity index (χ2v) is 8.68. The second kappa shape index (κ2) is 10.1. The Morgan fingerprint density at radius 1 is 1.06 bits per heavy atom. The number of esters is 1. The molecule has 8 heteroatoms. The number of carbonyl (C=O) groups excluding carboxylic acids is 2. The Labute approximate surface area is 186 Å². The molecule has 1 atom stereocenters. The van der Waals surface area contributed by atoms with Crippen molar-refractivity contribution in [1.82, 2.24) is 20.4 Å². The van der Waals surface area contributed by atoms with Gasteiger partial charge >= 0.3 is 12.0 Å². The van der Waals surface area contributed by atoms with Gasteiger partial charge in [0, 0.05) is 49.8 Å². The molecule has 2 amide bonds. The van der Waals surface area contributed by atoms with Crippen LogP contribution in [0.2, 0.25) is 0 Å². The van der Waals surface area contributed by atoms with Crippen molar-refractivity contribution < 1.29 is 14.3 Å². The molecule has 3 heterocycles. The fraction of sp³-hybridized carbons (Fsp3) is 0.391. The highest BCUT2D eigenvalue weighted by atomic mass is 32.1. The highest BCUT2D eigenvalue weighted by molar-refractivity contribution is 7.10. The Bertz CT molecular complexity index is 922. The van der Waals surface area contributed by atoms with Gasteiger partial charge in [0.15, 0.2) is 0 Å². The zero-order chi connectivity index (χ0) is 21.6.